The summed E-state index contributed by atoms with van der Waals surface area (Å²) in [4.78, 5) is 30.9. The zero-order valence-corrected chi connectivity index (χ0v) is 23.0. The first-order valence-corrected chi connectivity index (χ1v) is 13.6. The first kappa shape index (κ1) is 26.6. The monoisotopic (exact) mass is 513 g/mol. The second-order valence-electron chi connectivity index (χ2n) is 10.3. The molecule has 196 valence electrons. The van der Waals surface area contributed by atoms with E-state index in [-0.39, 0.29) is 17.9 Å². The minimum atomic E-state index is -0.197. The van der Waals surface area contributed by atoms with E-state index in [1.807, 2.05) is 20.0 Å². The lowest BCUT2D eigenvalue weighted by Crippen LogP contribution is -2.42. The number of anilines is 2. The molecular formula is C28H40ClN5O2. The molecule has 1 aromatic carbocycles. The summed E-state index contributed by atoms with van der Waals surface area (Å²) in [6.45, 7) is 6.13. The van der Waals surface area contributed by atoms with E-state index in [0.717, 1.165) is 61.5 Å². The highest BCUT2D eigenvalue weighted by Crippen LogP contribution is 2.34. The van der Waals surface area contributed by atoms with Crippen molar-refractivity contribution in [2.45, 2.75) is 77.5 Å². The third kappa shape index (κ3) is 5.28. The van der Waals surface area contributed by atoms with Gasteiger partial charge in [0.2, 0.25) is 0 Å². The number of nitrogens with one attached hydrogen (secondary N) is 2. The predicted molar refractivity (Wildman–Crippen MR) is 149 cm³/mol. The third-order valence-corrected chi connectivity index (χ3v) is 8.30. The standard InChI is InChI=1S/C28H40ClN5O2/c1-6-33(21-11-9-20(10-12-21)32(4)5)25-15-19(29)14-22(18(25)2)28(36)31-17-23-24-8-7-13-34(24)27(30-3)16-26(23)35/h14-16,20-21,30H,6-13,17H2,1-5H3,(H,31,36). The molecule has 2 heterocycles. The van der Waals surface area contributed by atoms with E-state index in [0.29, 0.717) is 28.2 Å². The molecule has 0 atom stereocenters. The zero-order valence-electron chi connectivity index (χ0n) is 22.3. The smallest absolute Gasteiger partial charge is 0.251 e. The fourth-order valence-electron chi connectivity index (χ4n) is 6.06. The molecule has 2 N–H and O–H groups in total. The average Bonchev–Trinajstić information content (AvgIpc) is 3.35. The van der Waals surface area contributed by atoms with Gasteiger partial charge < -0.3 is 25.0 Å². The molecule has 1 amide bonds. The van der Waals surface area contributed by atoms with Crippen molar-refractivity contribution >= 4 is 29.0 Å². The maximum absolute atomic E-state index is 13.4. The van der Waals surface area contributed by atoms with Gasteiger partial charge in [0, 0.05) is 72.4 Å². The molecule has 2 aliphatic rings. The Hall–Kier alpha value is -2.51. The van der Waals surface area contributed by atoms with Gasteiger partial charge >= 0.3 is 0 Å². The fraction of sp³-hybridized carbons (Fsp3) is 0.571. The molecule has 0 unspecified atom stereocenters. The maximum atomic E-state index is 13.4. The van der Waals surface area contributed by atoms with Crippen LogP contribution in [0.3, 0.4) is 0 Å². The van der Waals surface area contributed by atoms with E-state index < -0.39 is 0 Å². The summed E-state index contributed by atoms with van der Waals surface area (Å²) < 4.78 is 2.15. The van der Waals surface area contributed by atoms with Crippen molar-refractivity contribution in [3.8, 4) is 0 Å². The topological polar surface area (TPSA) is 69.6 Å². The first-order valence-electron chi connectivity index (χ1n) is 13.2. The van der Waals surface area contributed by atoms with Crippen molar-refractivity contribution < 1.29 is 4.79 Å². The first-order chi connectivity index (χ1) is 17.2. The summed E-state index contributed by atoms with van der Waals surface area (Å²) in [7, 11) is 6.15. The van der Waals surface area contributed by atoms with Gasteiger partial charge in [0.05, 0.1) is 0 Å². The fourth-order valence-corrected chi connectivity index (χ4v) is 6.27. The number of aromatic nitrogens is 1. The number of carbonyl (C=O) groups is 1. The Morgan fingerprint density at radius 3 is 2.47 bits per heavy atom. The van der Waals surface area contributed by atoms with Crippen LogP contribution >= 0.6 is 11.6 Å². The van der Waals surface area contributed by atoms with Crippen LogP contribution in [0.1, 0.15) is 66.2 Å². The number of nitrogens with zero attached hydrogens (tertiary/aromatic N) is 3. The van der Waals surface area contributed by atoms with Gasteiger partial charge in [-0.2, -0.15) is 0 Å². The highest BCUT2D eigenvalue weighted by molar-refractivity contribution is 6.31. The molecule has 4 rings (SSSR count). The summed E-state index contributed by atoms with van der Waals surface area (Å²) in [5.74, 6) is 0.634. The molecule has 0 radical (unpaired) electrons. The Labute approximate surface area is 219 Å². The molecule has 1 saturated carbocycles. The number of pyridine rings is 1. The number of hydrogen-bond donors (Lipinski definition) is 2. The van der Waals surface area contributed by atoms with E-state index in [2.05, 4.69) is 46.0 Å². The van der Waals surface area contributed by atoms with Gasteiger partial charge in [0.1, 0.15) is 5.82 Å². The number of halogens is 1. The van der Waals surface area contributed by atoms with Crippen molar-refractivity contribution in [2.24, 2.45) is 0 Å². The number of hydrogen-bond acceptors (Lipinski definition) is 5. The molecule has 7 nitrogen and oxygen atoms in total. The molecule has 0 spiro atoms. The van der Waals surface area contributed by atoms with Crippen molar-refractivity contribution in [3.05, 3.63) is 55.8 Å². The van der Waals surface area contributed by atoms with Crippen LogP contribution in [0, 0.1) is 6.92 Å². The molecule has 1 aromatic heterocycles. The van der Waals surface area contributed by atoms with E-state index in [1.165, 1.54) is 12.8 Å². The zero-order chi connectivity index (χ0) is 26.0. The summed E-state index contributed by atoms with van der Waals surface area (Å²) in [6, 6.07) is 6.43. The minimum Gasteiger partial charge on any atom is -0.374 e. The van der Waals surface area contributed by atoms with Crippen LogP contribution in [0.2, 0.25) is 5.02 Å². The molecular weight excluding hydrogens is 474 g/mol. The summed E-state index contributed by atoms with van der Waals surface area (Å²) in [5, 5.41) is 6.68. The lowest BCUT2D eigenvalue weighted by atomic mass is 9.89. The van der Waals surface area contributed by atoms with E-state index in [1.54, 1.807) is 12.1 Å². The normalized spacial score (nSPS) is 19.3. The van der Waals surface area contributed by atoms with Crippen molar-refractivity contribution in [2.75, 3.05) is 37.9 Å². The maximum Gasteiger partial charge on any atom is 0.251 e. The quantitative estimate of drug-likeness (QED) is 0.546. The summed E-state index contributed by atoms with van der Waals surface area (Å²) >= 11 is 6.55. The van der Waals surface area contributed by atoms with Gasteiger partial charge in [-0.3, -0.25) is 9.59 Å². The third-order valence-electron chi connectivity index (χ3n) is 8.08. The van der Waals surface area contributed by atoms with Crippen LogP contribution in [-0.2, 0) is 19.5 Å². The lowest BCUT2D eigenvalue weighted by molar-refractivity contribution is 0.0950. The van der Waals surface area contributed by atoms with Crippen LogP contribution < -0.4 is 21.0 Å². The number of amides is 1. The molecule has 0 saturated heterocycles. The Bertz CT molecular complexity index is 1170. The van der Waals surface area contributed by atoms with Crippen molar-refractivity contribution in [3.63, 3.8) is 0 Å². The van der Waals surface area contributed by atoms with E-state index >= 15 is 0 Å². The van der Waals surface area contributed by atoms with Gasteiger partial charge in [-0.15, -0.1) is 0 Å². The van der Waals surface area contributed by atoms with Crippen molar-refractivity contribution in [1.82, 2.24) is 14.8 Å². The number of fused-ring (bicyclic) bond motifs is 1. The Kier molecular flexibility index (Phi) is 8.30. The van der Waals surface area contributed by atoms with Crippen LogP contribution in [0.15, 0.2) is 23.0 Å². The lowest BCUT2D eigenvalue weighted by Gasteiger charge is -2.40. The van der Waals surface area contributed by atoms with E-state index in [9.17, 15) is 9.59 Å². The van der Waals surface area contributed by atoms with Crippen LogP contribution in [0.4, 0.5) is 11.5 Å². The Balaban J connectivity index is 1.55. The SMILES string of the molecule is CCN(c1cc(Cl)cc(C(=O)NCc2c3n(c(NC)cc2=O)CCC3)c1C)C1CCC(N(C)C)CC1. The van der Waals surface area contributed by atoms with E-state index in [4.69, 9.17) is 11.6 Å². The molecule has 1 aliphatic heterocycles. The second-order valence-corrected chi connectivity index (χ2v) is 10.8. The van der Waals surface area contributed by atoms with Gasteiger partial charge in [-0.05, 0) is 84.2 Å². The largest absolute Gasteiger partial charge is 0.374 e. The Morgan fingerprint density at radius 1 is 1.14 bits per heavy atom. The molecule has 2 aromatic rings. The number of rotatable bonds is 8. The molecule has 8 heteroatoms. The van der Waals surface area contributed by atoms with Crippen LogP contribution in [-0.4, -0.2) is 55.1 Å². The highest BCUT2D eigenvalue weighted by atomic mass is 35.5. The van der Waals surface area contributed by atoms with Crippen LogP contribution in [0.25, 0.3) is 0 Å². The molecule has 1 fully saturated rings. The number of benzene rings is 1. The molecule has 36 heavy (non-hydrogen) atoms. The van der Waals surface area contributed by atoms with Gasteiger partial charge in [-0.25, -0.2) is 0 Å². The number of carbonyl (C=O) groups excluding carboxylic acids is 1. The summed E-state index contributed by atoms with van der Waals surface area (Å²) in [6.07, 6.45) is 6.45. The van der Waals surface area contributed by atoms with Gasteiger partial charge in [-0.1, -0.05) is 11.6 Å². The molecule has 0 bridgehead atoms. The molecule has 1 aliphatic carbocycles. The van der Waals surface area contributed by atoms with Gasteiger partial charge in [0.25, 0.3) is 5.91 Å². The predicted octanol–water partition coefficient (Wildman–Crippen LogP) is 4.43. The van der Waals surface area contributed by atoms with Crippen LogP contribution in [0.5, 0.6) is 0 Å². The Morgan fingerprint density at radius 2 is 1.83 bits per heavy atom. The minimum absolute atomic E-state index is 0.0400. The van der Waals surface area contributed by atoms with Gasteiger partial charge in [0.15, 0.2) is 5.43 Å². The second kappa shape index (κ2) is 11.3. The highest BCUT2D eigenvalue weighted by Gasteiger charge is 2.28. The summed E-state index contributed by atoms with van der Waals surface area (Å²) in [5.41, 5.74) is 4.18. The average molecular weight is 514 g/mol. The van der Waals surface area contributed by atoms with Crippen molar-refractivity contribution in [1.29, 1.82) is 0 Å².